The third kappa shape index (κ3) is 2.94. The van der Waals surface area contributed by atoms with Crippen molar-refractivity contribution in [1.29, 1.82) is 0 Å². The second kappa shape index (κ2) is 7.09. The van der Waals surface area contributed by atoms with Crippen molar-refractivity contribution in [3.8, 4) is 22.4 Å². The van der Waals surface area contributed by atoms with Crippen molar-refractivity contribution in [2.75, 3.05) is 13.1 Å². The number of aromatic nitrogens is 4. The molecule has 5 nitrogen and oxygen atoms in total. The average Bonchev–Trinajstić information content (AvgIpc) is 3.48. The van der Waals surface area contributed by atoms with Gasteiger partial charge < -0.3 is 9.88 Å². The lowest BCUT2D eigenvalue weighted by Gasteiger charge is -2.39. The maximum atomic E-state index is 4.72. The quantitative estimate of drug-likeness (QED) is 0.570. The molecule has 2 N–H and O–H groups in total. The van der Waals surface area contributed by atoms with Gasteiger partial charge in [0.15, 0.2) is 0 Å². The van der Waals surface area contributed by atoms with Crippen LogP contribution in [0.2, 0.25) is 0 Å². The van der Waals surface area contributed by atoms with Gasteiger partial charge in [0.2, 0.25) is 0 Å². The highest BCUT2D eigenvalue weighted by Gasteiger charge is 2.35. The van der Waals surface area contributed by atoms with Crippen LogP contribution in [-0.2, 0) is 5.54 Å². The van der Waals surface area contributed by atoms with Gasteiger partial charge in [-0.1, -0.05) is 54.6 Å². The van der Waals surface area contributed by atoms with Crippen molar-refractivity contribution in [2.24, 2.45) is 0 Å². The molecule has 0 spiro atoms. The van der Waals surface area contributed by atoms with Crippen LogP contribution >= 0.6 is 0 Å². The van der Waals surface area contributed by atoms with Crippen molar-refractivity contribution < 1.29 is 0 Å². The molecule has 5 rings (SSSR count). The van der Waals surface area contributed by atoms with E-state index in [0.717, 1.165) is 42.8 Å². The Kier molecular flexibility index (Phi) is 4.29. The second-order valence-electron chi connectivity index (χ2n) is 7.38. The SMILES string of the molecule is c1ccc(-c2cn(C3(c4ccc(-c5cn[nH]c5)cc4)CCNCC3)cn2)cc1. The van der Waals surface area contributed by atoms with Crippen LogP contribution in [0.4, 0.5) is 0 Å². The Morgan fingerprint density at radius 2 is 1.64 bits per heavy atom. The summed E-state index contributed by atoms with van der Waals surface area (Å²) < 4.78 is 2.32. The van der Waals surface area contributed by atoms with Gasteiger partial charge in [-0.15, -0.1) is 0 Å². The fourth-order valence-electron chi connectivity index (χ4n) is 4.23. The van der Waals surface area contributed by atoms with E-state index in [1.54, 1.807) is 0 Å². The zero-order valence-electron chi connectivity index (χ0n) is 15.7. The maximum Gasteiger partial charge on any atom is 0.0961 e. The van der Waals surface area contributed by atoms with Crippen LogP contribution < -0.4 is 5.32 Å². The van der Waals surface area contributed by atoms with E-state index >= 15 is 0 Å². The summed E-state index contributed by atoms with van der Waals surface area (Å²) in [4.78, 5) is 4.72. The monoisotopic (exact) mass is 369 g/mol. The van der Waals surface area contributed by atoms with Crippen molar-refractivity contribution >= 4 is 0 Å². The summed E-state index contributed by atoms with van der Waals surface area (Å²) in [5.41, 5.74) is 5.73. The molecule has 0 atom stereocenters. The van der Waals surface area contributed by atoms with Crippen molar-refractivity contribution in [2.45, 2.75) is 18.4 Å². The molecule has 0 aliphatic carbocycles. The lowest BCUT2D eigenvalue weighted by atomic mass is 9.80. The molecule has 2 aromatic heterocycles. The molecule has 1 aliphatic heterocycles. The van der Waals surface area contributed by atoms with E-state index in [4.69, 9.17) is 4.98 Å². The lowest BCUT2D eigenvalue weighted by Crippen LogP contribution is -2.44. The summed E-state index contributed by atoms with van der Waals surface area (Å²) in [6.45, 7) is 2.00. The van der Waals surface area contributed by atoms with Crippen molar-refractivity contribution in [1.82, 2.24) is 25.1 Å². The van der Waals surface area contributed by atoms with E-state index in [1.165, 1.54) is 11.1 Å². The number of rotatable bonds is 4. The fourth-order valence-corrected chi connectivity index (χ4v) is 4.23. The van der Waals surface area contributed by atoms with Crippen LogP contribution in [0.1, 0.15) is 18.4 Å². The first-order valence-corrected chi connectivity index (χ1v) is 9.75. The largest absolute Gasteiger partial charge is 0.326 e. The summed E-state index contributed by atoms with van der Waals surface area (Å²) in [6.07, 6.45) is 10.1. The molecule has 140 valence electrons. The normalized spacial score (nSPS) is 16.1. The third-order valence-electron chi connectivity index (χ3n) is 5.83. The number of hydrogen-bond acceptors (Lipinski definition) is 3. The molecule has 4 aromatic rings. The smallest absolute Gasteiger partial charge is 0.0961 e. The van der Waals surface area contributed by atoms with Crippen LogP contribution in [0, 0.1) is 0 Å². The van der Waals surface area contributed by atoms with Crippen LogP contribution in [0.25, 0.3) is 22.4 Å². The molecule has 0 radical (unpaired) electrons. The van der Waals surface area contributed by atoms with Crippen LogP contribution in [0.3, 0.4) is 0 Å². The van der Waals surface area contributed by atoms with E-state index in [-0.39, 0.29) is 5.54 Å². The van der Waals surface area contributed by atoms with Gasteiger partial charge in [-0.25, -0.2) is 4.98 Å². The Labute approximate surface area is 164 Å². The van der Waals surface area contributed by atoms with E-state index < -0.39 is 0 Å². The summed E-state index contributed by atoms with van der Waals surface area (Å²) >= 11 is 0. The number of hydrogen-bond donors (Lipinski definition) is 2. The highest BCUT2D eigenvalue weighted by Crippen LogP contribution is 2.37. The Morgan fingerprint density at radius 1 is 0.857 bits per heavy atom. The molecule has 0 amide bonds. The van der Waals surface area contributed by atoms with Gasteiger partial charge >= 0.3 is 0 Å². The number of benzene rings is 2. The predicted octanol–water partition coefficient (Wildman–Crippen LogP) is 4.07. The van der Waals surface area contributed by atoms with E-state index in [1.807, 2.05) is 24.8 Å². The first-order chi connectivity index (χ1) is 13.9. The number of imidazole rings is 1. The molecule has 0 unspecified atom stereocenters. The molecule has 0 saturated carbocycles. The van der Waals surface area contributed by atoms with Gasteiger partial charge in [-0.2, -0.15) is 5.10 Å². The standard InChI is InChI=1S/C23H23N5/c1-2-4-19(5-3-1)22-16-28(17-25-22)23(10-12-24-13-11-23)21-8-6-18(7-9-21)20-14-26-27-15-20/h1-9,14-17,24H,10-13H2,(H,26,27). The van der Waals surface area contributed by atoms with Crippen LogP contribution in [0.5, 0.6) is 0 Å². The fraction of sp³-hybridized carbons (Fsp3) is 0.217. The van der Waals surface area contributed by atoms with Crippen LogP contribution in [0.15, 0.2) is 79.5 Å². The topological polar surface area (TPSA) is 58.5 Å². The maximum absolute atomic E-state index is 4.72. The van der Waals surface area contributed by atoms with E-state index in [2.05, 4.69) is 74.8 Å². The molecule has 1 aliphatic rings. The van der Waals surface area contributed by atoms with Gasteiger partial charge in [0.05, 0.1) is 23.8 Å². The molecular formula is C23H23N5. The minimum absolute atomic E-state index is 0.0692. The zero-order valence-corrected chi connectivity index (χ0v) is 15.7. The van der Waals surface area contributed by atoms with Gasteiger partial charge in [-0.05, 0) is 37.1 Å². The van der Waals surface area contributed by atoms with E-state index in [9.17, 15) is 0 Å². The number of aromatic amines is 1. The molecule has 28 heavy (non-hydrogen) atoms. The molecular weight excluding hydrogens is 346 g/mol. The summed E-state index contributed by atoms with van der Waals surface area (Å²) in [6, 6.07) is 19.3. The van der Waals surface area contributed by atoms with Gasteiger partial charge in [0.1, 0.15) is 0 Å². The lowest BCUT2D eigenvalue weighted by molar-refractivity contribution is 0.259. The second-order valence-corrected chi connectivity index (χ2v) is 7.38. The Morgan fingerprint density at radius 3 is 2.36 bits per heavy atom. The highest BCUT2D eigenvalue weighted by atomic mass is 15.1. The Bertz CT molecular complexity index is 1030. The minimum atomic E-state index is -0.0692. The summed E-state index contributed by atoms with van der Waals surface area (Å²) in [7, 11) is 0. The first kappa shape index (κ1) is 17.0. The van der Waals surface area contributed by atoms with Gasteiger partial charge in [-0.3, -0.25) is 5.10 Å². The third-order valence-corrected chi connectivity index (χ3v) is 5.83. The zero-order chi connectivity index (χ0) is 18.8. The van der Waals surface area contributed by atoms with E-state index in [0.29, 0.717) is 0 Å². The molecule has 3 heterocycles. The number of nitrogens with zero attached hydrogens (tertiary/aromatic N) is 3. The Hall–Kier alpha value is -3.18. The van der Waals surface area contributed by atoms with Gasteiger partial charge in [0.25, 0.3) is 0 Å². The Balaban J connectivity index is 1.54. The molecule has 1 saturated heterocycles. The highest BCUT2D eigenvalue weighted by molar-refractivity contribution is 5.62. The summed E-state index contributed by atoms with van der Waals surface area (Å²) in [5, 5.41) is 10.5. The van der Waals surface area contributed by atoms with Crippen molar-refractivity contribution in [3.63, 3.8) is 0 Å². The molecule has 2 aromatic carbocycles. The molecule has 1 fully saturated rings. The van der Waals surface area contributed by atoms with Crippen molar-refractivity contribution in [3.05, 3.63) is 85.1 Å². The number of nitrogens with one attached hydrogen (secondary N) is 2. The van der Waals surface area contributed by atoms with Crippen LogP contribution in [-0.4, -0.2) is 32.8 Å². The number of piperidine rings is 1. The average molecular weight is 369 g/mol. The predicted molar refractivity (Wildman–Crippen MR) is 111 cm³/mol. The molecule has 5 heteroatoms. The van der Waals surface area contributed by atoms with Gasteiger partial charge in [0, 0.05) is 23.5 Å². The molecule has 0 bridgehead atoms. The number of H-pyrrole nitrogens is 1. The summed E-state index contributed by atoms with van der Waals surface area (Å²) in [5.74, 6) is 0. The first-order valence-electron chi connectivity index (χ1n) is 9.75. The minimum Gasteiger partial charge on any atom is -0.326 e.